The second-order valence-corrected chi connectivity index (χ2v) is 9.71. The minimum atomic E-state index is -4.54. The van der Waals surface area contributed by atoms with Crippen molar-refractivity contribution in [2.24, 2.45) is 0 Å². The molecule has 5 rings (SSSR count). The molecule has 3 aromatic rings. The van der Waals surface area contributed by atoms with E-state index in [1.807, 2.05) is 4.90 Å². The van der Waals surface area contributed by atoms with Crippen LogP contribution in [-0.2, 0) is 10.9 Å². The maximum absolute atomic E-state index is 15.4. The summed E-state index contributed by atoms with van der Waals surface area (Å²) >= 11 is 0.948. The summed E-state index contributed by atoms with van der Waals surface area (Å²) in [4.78, 5) is 9.91. The Labute approximate surface area is 226 Å². The van der Waals surface area contributed by atoms with Crippen LogP contribution in [0.5, 0.6) is 5.75 Å². The number of aromatic nitrogens is 2. The number of piperidine rings is 1. The SMILES string of the molecule is COc1cc(-c2cccc(C(F)(F)F)c2)c(F)cc1N1CCOC2CN(N(O)SNc3ccncn3)CCC21. The molecule has 2 unspecified atom stereocenters. The summed E-state index contributed by atoms with van der Waals surface area (Å²) in [5, 5.41) is 12.3. The standard InChI is InChI=1S/C25H26F4N6O3S/c1-37-22-12-18(16-3-2-4-17(11-16)25(27,28)29)19(26)13-21(22)34-9-10-38-23-14-33(8-6-20(23)34)35(36)39-32-24-5-7-30-15-31-24/h2-5,7,11-13,15,20,23,36H,6,8-10,14H2,1H3,(H,30,31,32). The molecule has 3 heterocycles. The van der Waals surface area contributed by atoms with E-state index < -0.39 is 17.6 Å². The Morgan fingerprint density at radius 3 is 2.79 bits per heavy atom. The lowest BCUT2D eigenvalue weighted by molar-refractivity contribution is -0.189. The molecule has 0 radical (unpaired) electrons. The second kappa shape index (κ2) is 11.5. The molecular formula is C25H26F4N6O3S. The first-order valence-corrected chi connectivity index (χ1v) is 12.9. The number of nitrogens with one attached hydrogen (secondary N) is 1. The smallest absolute Gasteiger partial charge is 0.416 e. The van der Waals surface area contributed by atoms with Crippen molar-refractivity contribution in [2.45, 2.75) is 24.7 Å². The fraction of sp³-hybridized carbons (Fsp3) is 0.360. The Hall–Kier alpha value is -3.17. The normalized spacial score (nSPS) is 20.1. The Morgan fingerprint density at radius 2 is 2.05 bits per heavy atom. The van der Waals surface area contributed by atoms with E-state index in [-0.39, 0.29) is 23.3 Å². The second-order valence-electron chi connectivity index (χ2n) is 8.99. The molecule has 1 aromatic heterocycles. The summed E-state index contributed by atoms with van der Waals surface area (Å²) in [6, 6.07) is 8.85. The van der Waals surface area contributed by atoms with Gasteiger partial charge in [0.2, 0.25) is 0 Å². The van der Waals surface area contributed by atoms with Crippen LogP contribution in [-0.4, -0.2) is 70.3 Å². The van der Waals surface area contributed by atoms with Crippen molar-refractivity contribution in [1.82, 2.24) is 19.6 Å². The number of anilines is 2. The lowest BCUT2D eigenvalue weighted by Gasteiger charge is -2.48. The molecule has 0 saturated carbocycles. The van der Waals surface area contributed by atoms with Crippen molar-refractivity contribution in [3.8, 4) is 16.9 Å². The summed E-state index contributed by atoms with van der Waals surface area (Å²) in [6.07, 6.45) is -1.27. The van der Waals surface area contributed by atoms with Crippen LogP contribution in [0, 0.1) is 5.82 Å². The minimum absolute atomic E-state index is 0.0189. The van der Waals surface area contributed by atoms with Crippen LogP contribution in [0.1, 0.15) is 12.0 Å². The minimum Gasteiger partial charge on any atom is -0.495 e. The highest BCUT2D eigenvalue weighted by Crippen LogP contribution is 2.40. The largest absolute Gasteiger partial charge is 0.495 e. The molecule has 39 heavy (non-hydrogen) atoms. The number of halogens is 4. The summed E-state index contributed by atoms with van der Waals surface area (Å²) in [5.41, 5.74) is -0.228. The van der Waals surface area contributed by atoms with E-state index in [9.17, 15) is 18.4 Å². The van der Waals surface area contributed by atoms with Crippen molar-refractivity contribution in [3.05, 3.63) is 66.4 Å². The number of hydrogen-bond donors (Lipinski definition) is 2. The number of nitrogens with zero attached hydrogens (tertiary/aromatic N) is 5. The quantitative estimate of drug-likeness (QED) is 0.235. The number of benzene rings is 2. The Balaban J connectivity index is 1.32. The van der Waals surface area contributed by atoms with Gasteiger partial charge in [-0.3, -0.25) is 9.93 Å². The molecule has 2 fully saturated rings. The van der Waals surface area contributed by atoms with Crippen LogP contribution in [0.15, 0.2) is 55.0 Å². The van der Waals surface area contributed by atoms with E-state index in [1.54, 1.807) is 17.3 Å². The van der Waals surface area contributed by atoms with E-state index in [0.29, 0.717) is 49.9 Å². The first-order chi connectivity index (χ1) is 18.7. The Kier molecular flexibility index (Phi) is 8.09. The third-order valence-corrected chi connectivity index (χ3v) is 7.40. The van der Waals surface area contributed by atoms with Gasteiger partial charge >= 0.3 is 6.18 Å². The number of rotatable bonds is 7. The number of alkyl halides is 3. The van der Waals surface area contributed by atoms with Crippen LogP contribution >= 0.6 is 12.1 Å². The van der Waals surface area contributed by atoms with Gasteiger partial charge in [0, 0.05) is 37.5 Å². The molecule has 0 bridgehead atoms. The van der Waals surface area contributed by atoms with E-state index in [4.69, 9.17) is 9.47 Å². The highest BCUT2D eigenvalue weighted by atomic mass is 32.2. The summed E-state index contributed by atoms with van der Waals surface area (Å²) in [6.45, 7) is 1.71. The van der Waals surface area contributed by atoms with Gasteiger partial charge in [-0.2, -0.15) is 13.2 Å². The van der Waals surface area contributed by atoms with E-state index >= 15 is 4.39 Å². The number of morpholine rings is 1. The zero-order chi connectivity index (χ0) is 27.6. The summed E-state index contributed by atoms with van der Waals surface area (Å²) in [7, 11) is 1.44. The first-order valence-electron chi connectivity index (χ1n) is 12.1. The molecular weight excluding hydrogens is 540 g/mol. The van der Waals surface area contributed by atoms with Gasteiger partial charge in [-0.25, -0.2) is 19.4 Å². The zero-order valence-electron chi connectivity index (χ0n) is 20.8. The lowest BCUT2D eigenvalue weighted by Crippen LogP contribution is -2.61. The molecule has 0 amide bonds. The van der Waals surface area contributed by atoms with Crippen LogP contribution in [0.4, 0.5) is 29.1 Å². The highest BCUT2D eigenvalue weighted by molar-refractivity contribution is 7.98. The Bertz CT molecular complexity index is 1290. The van der Waals surface area contributed by atoms with Gasteiger partial charge in [-0.1, -0.05) is 12.1 Å². The zero-order valence-corrected chi connectivity index (χ0v) is 21.6. The molecule has 2 aliphatic heterocycles. The molecule has 2 N–H and O–H groups in total. The molecule has 9 nitrogen and oxygen atoms in total. The molecule has 2 atom stereocenters. The van der Waals surface area contributed by atoms with Crippen LogP contribution in [0.3, 0.4) is 0 Å². The summed E-state index contributed by atoms with van der Waals surface area (Å²) < 4.78 is 70.6. The first kappa shape index (κ1) is 27.4. The van der Waals surface area contributed by atoms with Gasteiger partial charge in [0.1, 0.15) is 23.7 Å². The van der Waals surface area contributed by atoms with Crippen molar-refractivity contribution in [3.63, 3.8) is 0 Å². The molecule has 2 aromatic carbocycles. The topological polar surface area (TPSA) is 86.2 Å². The molecule has 0 spiro atoms. The van der Waals surface area contributed by atoms with E-state index in [2.05, 4.69) is 14.7 Å². The number of fused-ring (bicyclic) bond motifs is 1. The van der Waals surface area contributed by atoms with Gasteiger partial charge in [0.25, 0.3) is 0 Å². The molecule has 14 heteroatoms. The number of hydrazine groups is 1. The van der Waals surface area contributed by atoms with Crippen molar-refractivity contribution in [1.29, 1.82) is 0 Å². The molecule has 2 saturated heterocycles. The van der Waals surface area contributed by atoms with Crippen molar-refractivity contribution < 1.29 is 32.2 Å². The van der Waals surface area contributed by atoms with E-state index in [0.717, 1.165) is 28.8 Å². The average Bonchev–Trinajstić information content (AvgIpc) is 2.95. The van der Waals surface area contributed by atoms with Gasteiger partial charge in [-0.05, 0) is 40.8 Å². The van der Waals surface area contributed by atoms with Crippen LogP contribution in [0.25, 0.3) is 11.1 Å². The van der Waals surface area contributed by atoms with Crippen LogP contribution < -0.4 is 14.4 Å². The average molecular weight is 567 g/mol. The lowest BCUT2D eigenvalue weighted by atomic mass is 9.97. The summed E-state index contributed by atoms with van der Waals surface area (Å²) in [5.74, 6) is 0.228. The molecule has 2 aliphatic rings. The molecule has 0 aliphatic carbocycles. The van der Waals surface area contributed by atoms with E-state index in [1.165, 1.54) is 37.7 Å². The number of ether oxygens (including phenoxy) is 2. The maximum atomic E-state index is 15.4. The van der Waals surface area contributed by atoms with Gasteiger partial charge < -0.3 is 14.4 Å². The fourth-order valence-corrected chi connectivity index (χ4v) is 5.40. The third kappa shape index (κ3) is 6.04. The highest BCUT2D eigenvalue weighted by Gasteiger charge is 2.40. The predicted molar refractivity (Wildman–Crippen MR) is 137 cm³/mol. The van der Waals surface area contributed by atoms with Gasteiger partial charge in [0.15, 0.2) is 0 Å². The number of methoxy groups -OCH3 is 1. The van der Waals surface area contributed by atoms with Gasteiger partial charge in [0.05, 0.1) is 49.2 Å². The number of hydrogen-bond acceptors (Lipinski definition) is 10. The maximum Gasteiger partial charge on any atom is 0.416 e. The Morgan fingerprint density at radius 1 is 1.21 bits per heavy atom. The fourth-order valence-electron chi connectivity index (χ4n) is 4.84. The van der Waals surface area contributed by atoms with Crippen molar-refractivity contribution >= 4 is 23.6 Å². The molecule has 208 valence electrons. The third-order valence-electron chi connectivity index (χ3n) is 6.70. The van der Waals surface area contributed by atoms with Crippen molar-refractivity contribution in [2.75, 3.05) is 43.0 Å². The van der Waals surface area contributed by atoms with Gasteiger partial charge in [-0.15, -0.1) is 0 Å². The monoisotopic (exact) mass is 566 g/mol. The van der Waals surface area contributed by atoms with Crippen LogP contribution in [0.2, 0.25) is 0 Å². The predicted octanol–water partition coefficient (Wildman–Crippen LogP) is 4.87.